The van der Waals surface area contributed by atoms with E-state index in [0.717, 1.165) is 24.0 Å². The summed E-state index contributed by atoms with van der Waals surface area (Å²) in [7, 11) is 1.00. The van der Waals surface area contributed by atoms with E-state index in [1.807, 2.05) is 31.2 Å². The van der Waals surface area contributed by atoms with Gasteiger partial charge in [0.1, 0.15) is 5.75 Å². The van der Waals surface area contributed by atoms with Crippen molar-refractivity contribution in [1.82, 2.24) is 0 Å². The van der Waals surface area contributed by atoms with E-state index in [0.29, 0.717) is 23.6 Å². The van der Waals surface area contributed by atoms with Gasteiger partial charge in [0.25, 0.3) is 5.92 Å². The van der Waals surface area contributed by atoms with Crippen molar-refractivity contribution in [3.05, 3.63) is 64.2 Å². The summed E-state index contributed by atoms with van der Waals surface area (Å²) in [5.74, 6) is -3.89. The van der Waals surface area contributed by atoms with Crippen molar-refractivity contribution < 1.29 is 23.7 Å². The molecule has 160 valence electrons. The van der Waals surface area contributed by atoms with Crippen LogP contribution in [0.1, 0.15) is 49.3 Å². The first kappa shape index (κ1) is 23.6. The predicted octanol–water partition coefficient (Wildman–Crippen LogP) is 5.45. The molecule has 2 aromatic carbocycles. The average molecular weight is 427 g/mol. The zero-order valence-electron chi connectivity index (χ0n) is 17.0. The van der Waals surface area contributed by atoms with E-state index >= 15 is 0 Å². The third kappa shape index (κ3) is 5.68. The Hall–Kier alpha value is -1.69. The van der Waals surface area contributed by atoms with Crippen LogP contribution in [0.3, 0.4) is 0 Å². The highest BCUT2D eigenvalue weighted by molar-refractivity contribution is 6.31. The van der Waals surface area contributed by atoms with Gasteiger partial charge < -0.3 is 14.9 Å². The molecule has 3 atom stereocenters. The number of hydrogen-bond acceptors (Lipinski definition) is 3. The van der Waals surface area contributed by atoms with E-state index < -0.39 is 23.9 Å². The summed E-state index contributed by atoms with van der Waals surface area (Å²) in [5.41, 5.74) is 2.37. The first-order valence-corrected chi connectivity index (χ1v) is 10.2. The minimum Gasteiger partial charge on any atom is -0.494 e. The number of aliphatic hydroxyl groups excluding tert-OH is 2. The lowest BCUT2D eigenvalue weighted by Crippen LogP contribution is -2.42. The highest BCUT2D eigenvalue weighted by Crippen LogP contribution is 2.48. The Morgan fingerprint density at radius 2 is 1.76 bits per heavy atom. The Bertz CT molecular complexity index is 780. The SMILES string of the molecule is CCOc1ccc(Cc2cc(C3C[C@@H](O)CC(C)C3(F)F)ccc2Cl)cc1.CO. The van der Waals surface area contributed by atoms with Crippen LogP contribution in [0.25, 0.3) is 0 Å². The highest BCUT2D eigenvalue weighted by atomic mass is 35.5. The van der Waals surface area contributed by atoms with E-state index in [1.165, 1.54) is 6.92 Å². The molecule has 3 rings (SSSR count). The third-order valence-electron chi connectivity index (χ3n) is 5.36. The molecule has 2 aromatic rings. The Morgan fingerprint density at radius 1 is 1.10 bits per heavy atom. The monoisotopic (exact) mass is 426 g/mol. The van der Waals surface area contributed by atoms with E-state index in [-0.39, 0.29) is 12.8 Å². The summed E-state index contributed by atoms with van der Waals surface area (Å²) in [6.07, 6.45) is 0.0578. The lowest BCUT2D eigenvalue weighted by Gasteiger charge is -2.39. The van der Waals surface area contributed by atoms with Gasteiger partial charge in [0, 0.05) is 18.1 Å². The average Bonchev–Trinajstić information content (AvgIpc) is 2.70. The first-order valence-electron chi connectivity index (χ1n) is 9.82. The number of benzene rings is 2. The number of ether oxygens (including phenoxy) is 1. The van der Waals surface area contributed by atoms with E-state index in [4.69, 9.17) is 21.4 Å². The Morgan fingerprint density at radius 3 is 2.38 bits per heavy atom. The molecule has 6 heteroatoms. The van der Waals surface area contributed by atoms with Crippen LogP contribution < -0.4 is 4.74 Å². The molecular weight excluding hydrogens is 398 g/mol. The van der Waals surface area contributed by atoms with Gasteiger partial charge in [-0.05, 0) is 61.1 Å². The maximum Gasteiger partial charge on any atom is 0.257 e. The maximum atomic E-state index is 14.7. The van der Waals surface area contributed by atoms with Crippen molar-refractivity contribution in [2.75, 3.05) is 13.7 Å². The summed E-state index contributed by atoms with van der Waals surface area (Å²) >= 11 is 6.33. The molecule has 1 aliphatic rings. The molecule has 1 fully saturated rings. The van der Waals surface area contributed by atoms with Crippen molar-refractivity contribution in [2.45, 2.75) is 51.1 Å². The molecule has 3 nitrogen and oxygen atoms in total. The summed E-state index contributed by atoms with van der Waals surface area (Å²) in [6, 6.07) is 12.8. The molecule has 1 aliphatic carbocycles. The molecule has 0 aromatic heterocycles. The molecule has 0 saturated heterocycles. The van der Waals surface area contributed by atoms with Gasteiger partial charge in [0.2, 0.25) is 0 Å². The zero-order chi connectivity index (χ0) is 21.6. The number of hydrogen-bond donors (Lipinski definition) is 2. The van der Waals surface area contributed by atoms with E-state index in [2.05, 4.69) is 0 Å². The van der Waals surface area contributed by atoms with Crippen molar-refractivity contribution in [1.29, 1.82) is 0 Å². The summed E-state index contributed by atoms with van der Waals surface area (Å²) in [4.78, 5) is 0. The van der Waals surface area contributed by atoms with E-state index in [9.17, 15) is 13.9 Å². The van der Waals surface area contributed by atoms with Crippen molar-refractivity contribution in [2.24, 2.45) is 5.92 Å². The molecule has 0 spiro atoms. The molecule has 0 aliphatic heterocycles. The zero-order valence-corrected chi connectivity index (χ0v) is 17.8. The van der Waals surface area contributed by atoms with Crippen LogP contribution in [0, 0.1) is 5.92 Å². The van der Waals surface area contributed by atoms with Crippen LogP contribution in [0.5, 0.6) is 5.75 Å². The van der Waals surface area contributed by atoms with Crippen molar-refractivity contribution in [3.63, 3.8) is 0 Å². The van der Waals surface area contributed by atoms with Crippen molar-refractivity contribution >= 4 is 11.6 Å². The van der Waals surface area contributed by atoms with Crippen LogP contribution >= 0.6 is 11.6 Å². The van der Waals surface area contributed by atoms with Gasteiger partial charge in [0.15, 0.2) is 0 Å². The molecule has 1 saturated carbocycles. The standard InChI is InChI=1S/C22H25ClF2O2.CH4O/c1-3-27-19-7-4-15(5-8-19)11-17-12-16(6-9-21(17)23)20-13-18(26)10-14(2)22(20,24)25;1-2/h4-9,12,14,18,20,26H,3,10-11,13H2,1-2H3;2H,1H3/t14?,18-,20?;/m0./s1. The minimum atomic E-state index is -2.84. The third-order valence-corrected chi connectivity index (χ3v) is 5.72. The van der Waals surface area contributed by atoms with Crippen LogP contribution in [0.15, 0.2) is 42.5 Å². The largest absolute Gasteiger partial charge is 0.494 e. The van der Waals surface area contributed by atoms with Crippen LogP contribution in [0.2, 0.25) is 5.02 Å². The molecular formula is C23H29ClF2O3. The van der Waals surface area contributed by atoms with Gasteiger partial charge in [0.05, 0.1) is 18.6 Å². The summed E-state index contributed by atoms with van der Waals surface area (Å²) in [5, 5.41) is 17.6. The second-order valence-electron chi connectivity index (χ2n) is 7.36. The van der Waals surface area contributed by atoms with Gasteiger partial charge in [-0.25, -0.2) is 8.78 Å². The van der Waals surface area contributed by atoms with Gasteiger partial charge in [-0.2, -0.15) is 0 Å². The van der Waals surface area contributed by atoms with Gasteiger partial charge >= 0.3 is 0 Å². The predicted molar refractivity (Wildman–Crippen MR) is 112 cm³/mol. The molecule has 0 radical (unpaired) electrons. The number of rotatable bonds is 5. The Balaban J connectivity index is 0.00000145. The fraction of sp³-hybridized carbons (Fsp3) is 0.478. The number of alkyl halides is 2. The topological polar surface area (TPSA) is 49.7 Å². The van der Waals surface area contributed by atoms with Crippen LogP contribution in [-0.4, -0.2) is 36.0 Å². The van der Waals surface area contributed by atoms with Gasteiger partial charge in [-0.1, -0.05) is 42.8 Å². The lowest BCUT2D eigenvalue weighted by atomic mass is 9.74. The lowest BCUT2D eigenvalue weighted by molar-refractivity contribution is -0.123. The molecule has 0 bridgehead atoms. The molecule has 2 unspecified atom stereocenters. The fourth-order valence-corrected chi connectivity index (χ4v) is 4.01. The minimum absolute atomic E-state index is 0.0709. The number of aliphatic hydroxyl groups is 2. The highest BCUT2D eigenvalue weighted by Gasteiger charge is 2.50. The Labute approximate surface area is 176 Å². The van der Waals surface area contributed by atoms with Gasteiger partial charge in [-0.15, -0.1) is 0 Å². The summed E-state index contributed by atoms with van der Waals surface area (Å²) in [6.45, 7) is 4.04. The molecule has 0 amide bonds. The second kappa shape index (κ2) is 10.4. The molecule has 2 N–H and O–H groups in total. The van der Waals surface area contributed by atoms with Gasteiger partial charge in [-0.3, -0.25) is 0 Å². The smallest absolute Gasteiger partial charge is 0.257 e. The Kier molecular flexibility index (Phi) is 8.44. The second-order valence-corrected chi connectivity index (χ2v) is 7.77. The van der Waals surface area contributed by atoms with Crippen LogP contribution in [0.4, 0.5) is 8.78 Å². The first-order chi connectivity index (χ1) is 13.8. The summed E-state index contributed by atoms with van der Waals surface area (Å²) < 4.78 is 34.9. The normalized spacial score (nSPS) is 23.1. The molecule has 29 heavy (non-hydrogen) atoms. The fourth-order valence-electron chi connectivity index (χ4n) is 3.83. The van der Waals surface area contributed by atoms with Crippen molar-refractivity contribution in [3.8, 4) is 5.75 Å². The quantitative estimate of drug-likeness (QED) is 0.668. The number of halogens is 3. The maximum absolute atomic E-state index is 14.7. The van der Waals surface area contributed by atoms with Crippen LogP contribution in [-0.2, 0) is 6.42 Å². The van der Waals surface area contributed by atoms with E-state index in [1.54, 1.807) is 18.2 Å². The molecule has 0 heterocycles.